The average Bonchev–Trinajstić information content (AvgIpc) is 2.49. The van der Waals surface area contributed by atoms with E-state index in [9.17, 15) is 8.42 Å². The van der Waals surface area contributed by atoms with Gasteiger partial charge in [-0.05, 0) is 6.42 Å². The molecule has 3 nitrogen and oxygen atoms in total. The second-order valence-corrected chi connectivity index (χ2v) is 8.51. The molecule has 0 saturated heterocycles. The summed E-state index contributed by atoms with van der Waals surface area (Å²) >= 11 is 0. The van der Waals surface area contributed by atoms with Gasteiger partial charge in [-0.15, -0.1) is 0 Å². The van der Waals surface area contributed by atoms with Crippen molar-refractivity contribution in [2.24, 2.45) is 0 Å². The fraction of sp³-hybridized carbons (Fsp3) is 1.00. The third-order valence-electron chi connectivity index (χ3n) is 4.51. The van der Waals surface area contributed by atoms with Crippen molar-refractivity contribution in [1.82, 2.24) is 0 Å². The first-order valence-electron chi connectivity index (χ1n) is 10.0. The maximum Gasteiger partial charge on any atom is 1.00 e. The first-order chi connectivity index (χ1) is 11.1. The topological polar surface area (TPSA) is 54.4 Å². The van der Waals surface area contributed by atoms with Crippen LogP contribution in [0.4, 0.5) is 0 Å². The smallest absolute Gasteiger partial charge is 1.00 e. The summed E-state index contributed by atoms with van der Waals surface area (Å²) in [6.45, 7) is 2.27. The minimum Gasteiger partial charge on any atom is -1.00 e. The van der Waals surface area contributed by atoms with E-state index >= 15 is 0 Å². The third-order valence-corrected chi connectivity index (χ3v) is 5.31. The number of hydrogen-bond acceptors (Lipinski definition) is 2. The van der Waals surface area contributed by atoms with Crippen LogP contribution in [0, 0.1) is 0 Å². The molecule has 5 heteroatoms. The number of rotatable bonds is 18. The Labute approximate surface area is 175 Å². The summed E-state index contributed by atoms with van der Waals surface area (Å²) in [7, 11) is -3.74. The fourth-order valence-corrected chi connectivity index (χ4v) is 3.58. The van der Waals surface area contributed by atoms with Crippen molar-refractivity contribution in [2.45, 2.75) is 116 Å². The van der Waals surface area contributed by atoms with Gasteiger partial charge in [-0.1, -0.05) is 110 Å². The van der Waals surface area contributed by atoms with Gasteiger partial charge in [0.1, 0.15) is 0 Å². The molecule has 0 aliphatic rings. The number of hydrogen-bond donors (Lipinski definition) is 1. The predicted molar refractivity (Wildman–Crippen MR) is 102 cm³/mol. The minimum absolute atomic E-state index is 0. The molecule has 0 fully saturated rings. The van der Waals surface area contributed by atoms with Crippen molar-refractivity contribution in [3.8, 4) is 0 Å². The summed E-state index contributed by atoms with van der Waals surface area (Å²) in [6.07, 6.45) is 21.8. The summed E-state index contributed by atoms with van der Waals surface area (Å²) in [4.78, 5) is 0. The van der Waals surface area contributed by atoms with E-state index in [-0.39, 0.29) is 36.7 Å². The Hall–Kier alpha value is 0.910. The molecule has 0 atom stereocenters. The van der Waals surface area contributed by atoms with E-state index in [1.54, 1.807) is 0 Å². The van der Waals surface area contributed by atoms with Crippen molar-refractivity contribution in [3.63, 3.8) is 0 Å². The summed E-state index contributed by atoms with van der Waals surface area (Å²) in [5.41, 5.74) is 0. The molecule has 0 aliphatic heterocycles. The summed E-state index contributed by atoms with van der Waals surface area (Å²) < 4.78 is 29.7. The van der Waals surface area contributed by atoms with Crippen LogP contribution in [0.5, 0.6) is 0 Å². The van der Waals surface area contributed by atoms with Crippen LogP contribution in [0.1, 0.15) is 118 Å². The zero-order chi connectivity index (χ0) is 17.2. The van der Waals surface area contributed by atoms with E-state index in [2.05, 4.69) is 6.92 Å². The van der Waals surface area contributed by atoms with E-state index in [1.165, 1.54) is 89.9 Å². The molecule has 0 amide bonds. The van der Waals surface area contributed by atoms with Gasteiger partial charge in [0.05, 0.1) is 5.75 Å². The van der Waals surface area contributed by atoms with Crippen LogP contribution in [0.15, 0.2) is 0 Å². The maximum absolute atomic E-state index is 10.5. The Bertz CT molecular complexity index is 338. The Morgan fingerprint density at radius 2 is 0.833 bits per heavy atom. The van der Waals surface area contributed by atoms with E-state index in [1.807, 2.05) is 0 Å². The van der Waals surface area contributed by atoms with Crippen molar-refractivity contribution in [2.75, 3.05) is 5.75 Å². The second kappa shape index (κ2) is 20.2. The Kier molecular flexibility index (Phi) is 22.9. The molecule has 0 spiro atoms. The summed E-state index contributed by atoms with van der Waals surface area (Å²) in [5.74, 6) is -0.0778. The van der Waals surface area contributed by atoms with Gasteiger partial charge >= 0.3 is 29.6 Å². The molecule has 0 aromatic carbocycles. The van der Waals surface area contributed by atoms with Gasteiger partial charge in [0.25, 0.3) is 10.1 Å². The maximum atomic E-state index is 10.5. The molecular formula is C19H41NaO3S. The summed E-state index contributed by atoms with van der Waals surface area (Å²) in [6, 6.07) is 0. The monoisotopic (exact) mass is 372 g/mol. The molecule has 0 heterocycles. The van der Waals surface area contributed by atoms with Gasteiger partial charge in [-0.3, -0.25) is 4.55 Å². The van der Waals surface area contributed by atoms with Crippen LogP contribution in [-0.2, 0) is 10.1 Å². The standard InChI is InChI=1S/C19H40O3S.Na.H/c1-2-3-4-5-6-7-8-9-10-11-12-13-14-15-16-17-18-19-23(20,21)22;;/h2-19H2,1H3,(H,20,21,22);;/q;+1;-1. The fourth-order valence-electron chi connectivity index (χ4n) is 3.01. The van der Waals surface area contributed by atoms with Crippen LogP contribution in [0.25, 0.3) is 0 Å². The van der Waals surface area contributed by atoms with Gasteiger partial charge in [0.15, 0.2) is 0 Å². The van der Waals surface area contributed by atoms with Crippen LogP contribution >= 0.6 is 0 Å². The normalized spacial score (nSPS) is 11.4. The van der Waals surface area contributed by atoms with Crippen LogP contribution in [0.3, 0.4) is 0 Å². The molecule has 0 aliphatic carbocycles. The molecule has 24 heavy (non-hydrogen) atoms. The van der Waals surface area contributed by atoms with Gasteiger partial charge in [0, 0.05) is 0 Å². The van der Waals surface area contributed by atoms with E-state index in [4.69, 9.17) is 4.55 Å². The minimum atomic E-state index is -3.74. The Balaban J connectivity index is -0.00000242. The second-order valence-electron chi connectivity index (χ2n) is 6.94. The largest absolute Gasteiger partial charge is 1.00 e. The first kappa shape index (κ1) is 27.1. The molecule has 0 bridgehead atoms. The van der Waals surface area contributed by atoms with Gasteiger partial charge in [-0.25, -0.2) is 0 Å². The zero-order valence-corrected chi connectivity index (χ0v) is 19.2. The molecule has 0 aromatic heterocycles. The molecule has 0 radical (unpaired) electrons. The molecule has 0 aromatic rings. The van der Waals surface area contributed by atoms with Crippen molar-refractivity contribution >= 4 is 10.1 Å². The molecule has 0 unspecified atom stereocenters. The van der Waals surface area contributed by atoms with Gasteiger partial charge in [0.2, 0.25) is 0 Å². The molecule has 1 N–H and O–H groups in total. The van der Waals surface area contributed by atoms with E-state index in [0.29, 0.717) is 6.42 Å². The average molecular weight is 373 g/mol. The first-order valence-corrected chi connectivity index (χ1v) is 11.6. The van der Waals surface area contributed by atoms with Gasteiger partial charge in [-0.2, -0.15) is 8.42 Å². The SMILES string of the molecule is CCCCCCCCCCCCCCCCCCCS(=O)(=O)O.[H-].[Na+]. The Morgan fingerprint density at radius 3 is 1.08 bits per heavy atom. The Morgan fingerprint density at radius 1 is 0.583 bits per heavy atom. The van der Waals surface area contributed by atoms with Gasteiger partial charge < -0.3 is 1.43 Å². The molecule has 142 valence electrons. The van der Waals surface area contributed by atoms with Crippen LogP contribution in [0.2, 0.25) is 0 Å². The van der Waals surface area contributed by atoms with Crippen LogP contribution < -0.4 is 29.6 Å². The predicted octanol–water partition coefficient (Wildman–Crippen LogP) is 3.64. The quantitative estimate of drug-likeness (QED) is 0.227. The van der Waals surface area contributed by atoms with E-state index in [0.717, 1.165) is 12.8 Å². The zero-order valence-electron chi connectivity index (χ0n) is 17.4. The van der Waals surface area contributed by atoms with E-state index < -0.39 is 10.1 Å². The van der Waals surface area contributed by atoms with Crippen LogP contribution in [-0.4, -0.2) is 18.7 Å². The van der Waals surface area contributed by atoms with Crippen molar-refractivity contribution in [1.29, 1.82) is 0 Å². The van der Waals surface area contributed by atoms with Crippen molar-refractivity contribution in [3.05, 3.63) is 0 Å². The van der Waals surface area contributed by atoms with Crippen molar-refractivity contribution < 1.29 is 44.0 Å². The molecule has 0 saturated carbocycles. The molecule has 0 rings (SSSR count). The summed E-state index contributed by atoms with van der Waals surface area (Å²) in [5, 5.41) is 0. The molecular weight excluding hydrogens is 331 g/mol. The third kappa shape index (κ3) is 25.2. The number of unbranched alkanes of at least 4 members (excludes halogenated alkanes) is 16.